The van der Waals surface area contributed by atoms with Crippen molar-refractivity contribution >= 4 is 18.2 Å². The van der Waals surface area contributed by atoms with Crippen LogP contribution in [0, 0.1) is 4.77 Å². The second-order valence-corrected chi connectivity index (χ2v) is 6.23. The first-order valence-corrected chi connectivity index (χ1v) is 8.84. The summed E-state index contributed by atoms with van der Waals surface area (Å²) in [6, 6.07) is 3.25. The monoisotopic (exact) mass is 392 g/mol. The number of carbonyl (C=O) groups is 1. The number of esters is 1. The molecule has 0 radical (unpaired) electrons. The highest BCUT2D eigenvalue weighted by Gasteiger charge is 2.40. The maximum Gasteiger partial charge on any atom is 0.343 e. The maximum absolute atomic E-state index is 13.0. The van der Waals surface area contributed by atoms with Crippen LogP contribution in [0.2, 0.25) is 0 Å². The zero-order valence-electron chi connectivity index (χ0n) is 15.4. The van der Waals surface area contributed by atoms with Crippen LogP contribution in [0.1, 0.15) is 41.4 Å². The Morgan fingerprint density at radius 1 is 1.15 bits per heavy atom. The molecule has 0 amide bonds. The standard InChI is InChI=1S/C18H20N2O6S/c1-5-19-15(21)12(16(22)20(6-2)18(19)27)13-9-7-8-10(24-3)14(25-4)11(9)17(23)26-13/h7-8,13,21H,5-6H2,1-4H3. The van der Waals surface area contributed by atoms with Crippen molar-refractivity contribution < 1.29 is 24.1 Å². The molecule has 2 heterocycles. The lowest BCUT2D eigenvalue weighted by Crippen LogP contribution is -2.30. The van der Waals surface area contributed by atoms with Crippen LogP contribution in [0.3, 0.4) is 0 Å². The molecule has 0 bridgehead atoms. The van der Waals surface area contributed by atoms with Gasteiger partial charge in [-0.25, -0.2) is 4.79 Å². The summed E-state index contributed by atoms with van der Waals surface area (Å²) in [5, 5.41) is 10.7. The van der Waals surface area contributed by atoms with Crippen molar-refractivity contribution in [3.63, 3.8) is 0 Å². The molecule has 1 N–H and O–H groups in total. The van der Waals surface area contributed by atoms with Crippen molar-refractivity contribution in [3.8, 4) is 17.4 Å². The summed E-state index contributed by atoms with van der Waals surface area (Å²) >= 11 is 5.29. The van der Waals surface area contributed by atoms with Gasteiger partial charge in [-0.3, -0.25) is 13.9 Å². The van der Waals surface area contributed by atoms with E-state index < -0.39 is 17.6 Å². The van der Waals surface area contributed by atoms with Gasteiger partial charge in [0, 0.05) is 18.7 Å². The van der Waals surface area contributed by atoms with Gasteiger partial charge >= 0.3 is 5.97 Å². The summed E-state index contributed by atoms with van der Waals surface area (Å²) in [7, 11) is 2.87. The quantitative estimate of drug-likeness (QED) is 0.617. The number of nitrogens with zero attached hydrogens (tertiary/aromatic N) is 2. The fourth-order valence-electron chi connectivity index (χ4n) is 3.32. The fraction of sp³-hybridized carbons (Fsp3) is 0.389. The van der Waals surface area contributed by atoms with E-state index in [0.717, 1.165) is 0 Å². The lowest BCUT2D eigenvalue weighted by Gasteiger charge is -2.19. The van der Waals surface area contributed by atoms with Gasteiger partial charge in [0.1, 0.15) is 11.1 Å². The molecule has 0 fully saturated rings. The SMILES string of the molecule is CCn1c(O)c(C2OC(=O)c3c2ccc(OC)c3OC)c(=O)n(CC)c1=S. The van der Waals surface area contributed by atoms with E-state index in [4.69, 9.17) is 26.4 Å². The number of cyclic esters (lactones) is 1. The van der Waals surface area contributed by atoms with Gasteiger partial charge in [-0.2, -0.15) is 0 Å². The van der Waals surface area contributed by atoms with Gasteiger partial charge in [-0.15, -0.1) is 0 Å². The van der Waals surface area contributed by atoms with Crippen molar-refractivity contribution in [1.82, 2.24) is 9.13 Å². The number of aromatic nitrogens is 2. The molecule has 1 aromatic heterocycles. The second-order valence-electron chi connectivity index (χ2n) is 5.86. The number of benzene rings is 1. The molecule has 8 nitrogen and oxygen atoms in total. The van der Waals surface area contributed by atoms with E-state index in [1.54, 1.807) is 26.0 Å². The molecular formula is C18H20N2O6S. The molecule has 144 valence electrons. The van der Waals surface area contributed by atoms with Gasteiger partial charge in [0.2, 0.25) is 5.88 Å². The molecule has 9 heteroatoms. The molecule has 1 atom stereocenters. The highest BCUT2D eigenvalue weighted by atomic mass is 32.1. The highest BCUT2D eigenvalue weighted by molar-refractivity contribution is 7.71. The molecule has 0 saturated heterocycles. The Kier molecular flexibility index (Phi) is 4.97. The third-order valence-electron chi connectivity index (χ3n) is 4.62. The number of aromatic hydroxyl groups is 1. The first kappa shape index (κ1) is 19.0. The molecular weight excluding hydrogens is 372 g/mol. The molecule has 1 aliphatic rings. The smallest absolute Gasteiger partial charge is 0.343 e. The molecule has 3 rings (SSSR count). The van der Waals surface area contributed by atoms with Crippen molar-refractivity contribution in [3.05, 3.63) is 43.9 Å². The number of hydrogen-bond acceptors (Lipinski definition) is 7. The van der Waals surface area contributed by atoms with Crippen LogP contribution in [0.4, 0.5) is 0 Å². The third-order valence-corrected chi connectivity index (χ3v) is 5.06. The van der Waals surface area contributed by atoms with Gasteiger partial charge in [-0.05, 0) is 32.1 Å². The number of rotatable bonds is 5. The van der Waals surface area contributed by atoms with Crippen molar-refractivity contribution in [2.24, 2.45) is 0 Å². The number of methoxy groups -OCH3 is 2. The lowest BCUT2D eigenvalue weighted by molar-refractivity contribution is 0.0445. The van der Waals surface area contributed by atoms with E-state index in [0.29, 0.717) is 24.4 Å². The number of fused-ring (bicyclic) bond motifs is 1. The van der Waals surface area contributed by atoms with Crippen LogP contribution >= 0.6 is 12.2 Å². The van der Waals surface area contributed by atoms with Crippen LogP contribution in [0.5, 0.6) is 17.4 Å². The zero-order chi connectivity index (χ0) is 19.9. The van der Waals surface area contributed by atoms with Gasteiger partial charge in [0.25, 0.3) is 5.56 Å². The third kappa shape index (κ3) is 2.69. The Hall–Kier alpha value is -2.81. The Bertz CT molecular complexity index is 1040. The van der Waals surface area contributed by atoms with Crippen LogP contribution in [-0.4, -0.2) is 34.4 Å². The summed E-state index contributed by atoms with van der Waals surface area (Å²) in [5.41, 5.74) is 0.0680. The molecule has 2 aromatic rings. The Morgan fingerprint density at radius 2 is 1.81 bits per heavy atom. The minimum atomic E-state index is -1.06. The van der Waals surface area contributed by atoms with Crippen LogP contribution in [0.25, 0.3) is 0 Å². The summed E-state index contributed by atoms with van der Waals surface area (Å²) in [5.74, 6) is -0.370. The van der Waals surface area contributed by atoms with E-state index in [1.165, 1.54) is 23.4 Å². The fourth-order valence-corrected chi connectivity index (χ4v) is 3.75. The molecule has 1 aliphatic heterocycles. The summed E-state index contributed by atoms with van der Waals surface area (Å²) < 4.78 is 19.0. The molecule has 0 aliphatic carbocycles. The van der Waals surface area contributed by atoms with E-state index in [-0.39, 0.29) is 27.5 Å². The number of hydrogen-bond donors (Lipinski definition) is 1. The highest BCUT2D eigenvalue weighted by Crippen LogP contribution is 2.45. The second kappa shape index (κ2) is 7.07. The van der Waals surface area contributed by atoms with E-state index >= 15 is 0 Å². The molecule has 1 unspecified atom stereocenters. The van der Waals surface area contributed by atoms with E-state index in [2.05, 4.69) is 0 Å². The molecule has 1 aromatic carbocycles. The number of carbonyl (C=O) groups excluding carboxylic acids is 1. The minimum Gasteiger partial charge on any atom is -0.494 e. The molecule has 0 saturated carbocycles. The largest absolute Gasteiger partial charge is 0.494 e. The zero-order valence-corrected chi connectivity index (χ0v) is 16.3. The average Bonchev–Trinajstić information content (AvgIpc) is 2.98. The first-order chi connectivity index (χ1) is 12.9. The van der Waals surface area contributed by atoms with Gasteiger partial charge < -0.3 is 19.3 Å². The van der Waals surface area contributed by atoms with E-state index in [9.17, 15) is 14.7 Å². The predicted octanol–water partition coefficient (Wildman–Crippen LogP) is 2.40. The van der Waals surface area contributed by atoms with E-state index in [1.807, 2.05) is 0 Å². The first-order valence-electron chi connectivity index (χ1n) is 8.43. The Balaban J connectivity index is 2.33. The van der Waals surface area contributed by atoms with Crippen molar-refractivity contribution in [2.45, 2.75) is 33.0 Å². The van der Waals surface area contributed by atoms with Crippen molar-refractivity contribution in [2.75, 3.05) is 14.2 Å². The van der Waals surface area contributed by atoms with Gasteiger partial charge in [-0.1, -0.05) is 6.07 Å². The van der Waals surface area contributed by atoms with Crippen LogP contribution in [0.15, 0.2) is 16.9 Å². The normalized spacial score (nSPS) is 15.4. The minimum absolute atomic E-state index is 0.0355. The summed E-state index contributed by atoms with van der Waals surface area (Å²) in [4.78, 5) is 25.5. The maximum atomic E-state index is 13.0. The van der Waals surface area contributed by atoms with Crippen LogP contribution < -0.4 is 15.0 Å². The lowest BCUT2D eigenvalue weighted by atomic mass is 9.99. The Labute approximate surface area is 160 Å². The molecule has 27 heavy (non-hydrogen) atoms. The van der Waals surface area contributed by atoms with Gasteiger partial charge in [0.05, 0.1) is 14.2 Å². The number of ether oxygens (including phenoxy) is 3. The molecule has 0 spiro atoms. The van der Waals surface area contributed by atoms with Crippen molar-refractivity contribution in [1.29, 1.82) is 0 Å². The topological polar surface area (TPSA) is 91.9 Å². The van der Waals surface area contributed by atoms with Gasteiger partial charge in [0.15, 0.2) is 22.4 Å². The Morgan fingerprint density at radius 3 is 2.37 bits per heavy atom. The van der Waals surface area contributed by atoms with Crippen LogP contribution in [-0.2, 0) is 17.8 Å². The average molecular weight is 392 g/mol. The predicted molar refractivity (Wildman–Crippen MR) is 99.3 cm³/mol. The summed E-state index contributed by atoms with van der Waals surface area (Å²) in [6.45, 7) is 4.26. The summed E-state index contributed by atoms with van der Waals surface area (Å²) in [6.07, 6.45) is -1.06.